The highest BCUT2D eigenvalue weighted by atomic mass is 35.5. The summed E-state index contributed by atoms with van der Waals surface area (Å²) in [5.74, 6) is -0.0835. The first-order valence-corrected chi connectivity index (χ1v) is 10.2. The normalized spacial score (nSPS) is 13.5. The summed E-state index contributed by atoms with van der Waals surface area (Å²) in [6.07, 6.45) is 4.04. The van der Waals surface area contributed by atoms with Crippen LogP contribution >= 0.6 is 34.8 Å². The van der Waals surface area contributed by atoms with E-state index >= 15 is 0 Å². The predicted octanol–water partition coefficient (Wildman–Crippen LogP) is 8.60. The van der Waals surface area contributed by atoms with Gasteiger partial charge in [-0.2, -0.15) is 0 Å². The van der Waals surface area contributed by atoms with Gasteiger partial charge in [0.05, 0.1) is 0 Å². The Morgan fingerprint density at radius 3 is 1.43 bits per heavy atom. The minimum absolute atomic E-state index is 0.0835. The second kappa shape index (κ2) is 9.47. The smallest absolute Gasteiger partial charge is 0.0447 e. The van der Waals surface area contributed by atoms with Gasteiger partial charge < -0.3 is 0 Å². The summed E-state index contributed by atoms with van der Waals surface area (Å²) in [5, 5.41) is 2.07. The molecule has 3 heteroatoms. The summed E-state index contributed by atoms with van der Waals surface area (Å²) < 4.78 is 0. The van der Waals surface area contributed by atoms with Crippen LogP contribution in [0.5, 0.6) is 0 Å². The van der Waals surface area contributed by atoms with Crippen molar-refractivity contribution >= 4 is 44.9 Å². The predicted molar refractivity (Wildman–Crippen MR) is 124 cm³/mol. The Labute approximate surface area is 182 Å². The van der Waals surface area contributed by atoms with Crippen molar-refractivity contribution in [3.05, 3.63) is 118 Å². The van der Waals surface area contributed by atoms with E-state index in [-0.39, 0.29) is 5.92 Å². The maximum Gasteiger partial charge on any atom is 0.0447 e. The van der Waals surface area contributed by atoms with Crippen molar-refractivity contribution in [3.63, 3.8) is 0 Å². The average Bonchev–Trinajstić information content (AvgIpc) is 2.69. The van der Waals surface area contributed by atoms with Gasteiger partial charge in [-0.3, -0.25) is 0 Å². The van der Waals surface area contributed by atoms with Crippen LogP contribution in [0.1, 0.15) is 33.7 Å². The first kappa shape index (κ1) is 20.7. The van der Waals surface area contributed by atoms with Crippen molar-refractivity contribution in [2.45, 2.75) is 19.8 Å². The van der Waals surface area contributed by atoms with Crippen molar-refractivity contribution < 1.29 is 0 Å². The van der Waals surface area contributed by atoms with Crippen molar-refractivity contribution in [1.29, 1.82) is 0 Å². The molecule has 0 aliphatic heterocycles. The molecule has 28 heavy (non-hydrogen) atoms. The minimum atomic E-state index is -0.0835. The van der Waals surface area contributed by atoms with Crippen LogP contribution in [0.4, 0.5) is 0 Å². The van der Waals surface area contributed by atoms with E-state index in [4.69, 9.17) is 34.8 Å². The highest BCUT2D eigenvalue weighted by Gasteiger charge is 2.11. The standard InChI is InChI=1S/C25H21Cl3/c1-17-3-7-20(8-4-17)24(27)15-22(19-11-13-23(26)14-12-19)16-25(28)21-9-5-18(2)6-10-21/h3-16,22H,1-2H3/b24-15-,25-16+. The van der Waals surface area contributed by atoms with Crippen LogP contribution in [-0.2, 0) is 0 Å². The van der Waals surface area contributed by atoms with Gasteiger partial charge in [0.1, 0.15) is 0 Å². The molecule has 3 rings (SSSR count). The van der Waals surface area contributed by atoms with Gasteiger partial charge in [0.15, 0.2) is 0 Å². The minimum Gasteiger partial charge on any atom is -0.0843 e. The summed E-state index contributed by atoms with van der Waals surface area (Å²) in [6.45, 7) is 4.12. The molecule has 1 atom stereocenters. The van der Waals surface area contributed by atoms with E-state index in [2.05, 4.69) is 38.1 Å². The Balaban J connectivity index is 2.00. The SMILES string of the molecule is Cc1ccc(/C(Cl)=C/C(/C=C(/Cl)c2ccc(C)cc2)c2ccc(Cl)cc2)cc1. The molecule has 142 valence electrons. The summed E-state index contributed by atoms with van der Waals surface area (Å²) in [7, 11) is 0. The van der Waals surface area contributed by atoms with Crippen LogP contribution < -0.4 is 0 Å². The summed E-state index contributed by atoms with van der Waals surface area (Å²) in [5.41, 5.74) is 5.42. The molecule has 0 amide bonds. The van der Waals surface area contributed by atoms with Crippen molar-refractivity contribution in [1.82, 2.24) is 0 Å². The number of hydrogen-bond donors (Lipinski definition) is 0. The number of hydrogen-bond acceptors (Lipinski definition) is 0. The van der Waals surface area contributed by atoms with E-state index in [1.807, 2.05) is 60.7 Å². The van der Waals surface area contributed by atoms with Crippen LogP contribution in [0.15, 0.2) is 84.9 Å². The van der Waals surface area contributed by atoms with Gasteiger partial charge in [0.25, 0.3) is 0 Å². The molecule has 3 aromatic rings. The third-order valence-corrected chi connectivity index (χ3v) is 5.50. The molecule has 0 aliphatic rings. The molecule has 0 bridgehead atoms. The van der Waals surface area contributed by atoms with Crippen molar-refractivity contribution in [2.75, 3.05) is 0 Å². The number of allylic oxidation sites excluding steroid dienone is 2. The fourth-order valence-corrected chi connectivity index (χ4v) is 3.51. The number of halogens is 3. The van der Waals surface area contributed by atoms with E-state index in [0.717, 1.165) is 16.7 Å². The fraction of sp³-hybridized carbons (Fsp3) is 0.120. The second-order valence-electron chi connectivity index (χ2n) is 6.84. The first-order chi connectivity index (χ1) is 13.4. The maximum atomic E-state index is 6.65. The number of benzene rings is 3. The Kier molecular flexibility index (Phi) is 7.02. The summed E-state index contributed by atoms with van der Waals surface area (Å²) >= 11 is 19.4. The van der Waals surface area contributed by atoms with E-state index < -0.39 is 0 Å². The van der Waals surface area contributed by atoms with Crippen LogP contribution in [0.25, 0.3) is 10.1 Å². The topological polar surface area (TPSA) is 0 Å². The van der Waals surface area contributed by atoms with Crippen LogP contribution in [0.2, 0.25) is 5.02 Å². The van der Waals surface area contributed by atoms with Gasteiger partial charge in [-0.05, 0) is 42.7 Å². The lowest BCUT2D eigenvalue weighted by molar-refractivity contribution is 1.09. The number of aryl methyl sites for hydroxylation is 2. The molecule has 0 N–H and O–H groups in total. The first-order valence-electron chi connectivity index (χ1n) is 9.06. The maximum absolute atomic E-state index is 6.65. The largest absolute Gasteiger partial charge is 0.0843 e. The summed E-state index contributed by atoms with van der Waals surface area (Å²) in [6, 6.07) is 24.1. The molecule has 0 radical (unpaired) electrons. The zero-order chi connectivity index (χ0) is 20.1. The summed E-state index contributed by atoms with van der Waals surface area (Å²) in [4.78, 5) is 0. The molecule has 0 aliphatic carbocycles. The lowest BCUT2D eigenvalue weighted by Crippen LogP contribution is -1.94. The van der Waals surface area contributed by atoms with Gasteiger partial charge in [0.2, 0.25) is 0 Å². The van der Waals surface area contributed by atoms with Gasteiger partial charge in [0, 0.05) is 21.0 Å². The molecular formula is C25H21Cl3. The molecule has 0 fully saturated rings. The van der Waals surface area contributed by atoms with Crippen molar-refractivity contribution in [2.24, 2.45) is 0 Å². The lowest BCUT2D eigenvalue weighted by atomic mass is 9.96. The molecule has 0 spiro atoms. The average molecular weight is 428 g/mol. The van der Waals surface area contributed by atoms with Gasteiger partial charge in [-0.15, -0.1) is 0 Å². The molecule has 0 aromatic heterocycles. The van der Waals surface area contributed by atoms with Crippen molar-refractivity contribution in [3.8, 4) is 0 Å². The Hall–Kier alpha value is -1.99. The zero-order valence-corrected chi connectivity index (χ0v) is 18.1. The molecule has 1 unspecified atom stereocenters. The van der Waals surface area contributed by atoms with Gasteiger partial charge >= 0.3 is 0 Å². The van der Waals surface area contributed by atoms with E-state index in [0.29, 0.717) is 15.1 Å². The quantitative estimate of drug-likeness (QED) is 0.382. The highest BCUT2D eigenvalue weighted by molar-refractivity contribution is 6.49. The van der Waals surface area contributed by atoms with E-state index in [1.54, 1.807) is 0 Å². The molecule has 3 aromatic carbocycles. The molecule has 0 nitrogen and oxygen atoms in total. The van der Waals surface area contributed by atoms with E-state index in [9.17, 15) is 0 Å². The Morgan fingerprint density at radius 2 is 1.04 bits per heavy atom. The van der Waals surface area contributed by atoms with Crippen LogP contribution in [0.3, 0.4) is 0 Å². The third-order valence-electron chi connectivity index (χ3n) is 4.56. The third kappa shape index (κ3) is 5.52. The molecular weight excluding hydrogens is 407 g/mol. The van der Waals surface area contributed by atoms with Gasteiger partial charge in [-0.25, -0.2) is 0 Å². The molecule has 0 heterocycles. The second-order valence-corrected chi connectivity index (χ2v) is 8.09. The Morgan fingerprint density at radius 1 is 0.643 bits per heavy atom. The highest BCUT2D eigenvalue weighted by Crippen LogP contribution is 2.32. The monoisotopic (exact) mass is 426 g/mol. The Bertz CT molecular complexity index is 918. The zero-order valence-electron chi connectivity index (χ0n) is 15.8. The van der Waals surface area contributed by atoms with Crippen LogP contribution in [-0.4, -0.2) is 0 Å². The number of rotatable bonds is 5. The molecule has 0 saturated heterocycles. The fourth-order valence-electron chi connectivity index (χ4n) is 2.86. The lowest BCUT2D eigenvalue weighted by Gasteiger charge is -2.12. The van der Waals surface area contributed by atoms with E-state index in [1.165, 1.54) is 11.1 Å². The van der Waals surface area contributed by atoms with Crippen LogP contribution in [0, 0.1) is 13.8 Å². The molecule has 0 saturated carbocycles. The van der Waals surface area contributed by atoms with Gasteiger partial charge in [-0.1, -0.05) is 119 Å².